The van der Waals surface area contributed by atoms with Crippen LogP contribution in [0.15, 0.2) is 6.08 Å². The van der Waals surface area contributed by atoms with E-state index in [0.29, 0.717) is 17.7 Å². The Morgan fingerprint density at radius 3 is 2.68 bits per heavy atom. The molecule has 1 aromatic rings. The fraction of sp³-hybridized carbons (Fsp3) is 0.533. The molecule has 13 heteroatoms. The number of aromatic nitrogens is 2. The summed E-state index contributed by atoms with van der Waals surface area (Å²) in [7, 11) is -3.14. The highest BCUT2D eigenvalue weighted by Gasteiger charge is 2.32. The molecule has 0 aromatic carbocycles. The molecule has 1 saturated heterocycles. The Labute approximate surface area is 163 Å². The van der Waals surface area contributed by atoms with Gasteiger partial charge >= 0.3 is 12.1 Å². The molecule has 0 aliphatic carbocycles. The van der Waals surface area contributed by atoms with Crippen LogP contribution in [-0.2, 0) is 24.2 Å². The number of alkyl halides is 3. The number of carbonyl (C=O) groups is 2. The third-order valence-electron chi connectivity index (χ3n) is 3.84. The minimum Gasteiger partial charge on any atom is -0.452 e. The summed E-state index contributed by atoms with van der Waals surface area (Å²) in [6.07, 6.45) is -1.96. The lowest BCUT2D eigenvalue weighted by Gasteiger charge is -2.09. The van der Waals surface area contributed by atoms with Crippen molar-refractivity contribution in [1.29, 1.82) is 0 Å². The number of nitrogens with one attached hydrogen (secondary N) is 1. The smallest absolute Gasteiger partial charge is 0.405 e. The predicted octanol–water partition coefficient (Wildman–Crippen LogP) is 1.44. The van der Waals surface area contributed by atoms with E-state index in [9.17, 15) is 31.2 Å². The minimum absolute atomic E-state index is 0.0425. The monoisotopic (exact) mass is 443 g/mol. The van der Waals surface area contributed by atoms with Crippen molar-refractivity contribution in [2.75, 3.05) is 24.7 Å². The van der Waals surface area contributed by atoms with Crippen molar-refractivity contribution in [2.45, 2.75) is 25.6 Å². The molecule has 156 valence electrons. The standard InChI is InChI=1S/C15H17ClF3N3O5S/c1-9-11(14(16)22(21-9)10-4-5-28(25,26)7-10)2-3-13(24)27-6-12(23)20-8-15(17,18)19/h2-3,10H,4-8H2,1H3,(H,20,23)/b3-2+/t10-/m1/s1. The average molecular weight is 444 g/mol. The molecule has 1 aliphatic heterocycles. The van der Waals surface area contributed by atoms with Crippen molar-refractivity contribution < 1.29 is 35.9 Å². The van der Waals surface area contributed by atoms with Gasteiger partial charge in [-0.3, -0.25) is 4.79 Å². The Hall–Kier alpha value is -2.08. The van der Waals surface area contributed by atoms with E-state index in [2.05, 4.69) is 9.84 Å². The fourth-order valence-corrected chi connectivity index (χ4v) is 4.59. The number of amides is 1. The van der Waals surface area contributed by atoms with E-state index < -0.39 is 47.1 Å². The van der Waals surface area contributed by atoms with E-state index in [1.807, 2.05) is 0 Å². The maximum Gasteiger partial charge on any atom is 0.405 e. The lowest BCUT2D eigenvalue weighted by atomic mass is 10.2. The Balaban J connectivity index is 1.95. The van der Waals surface area contributed by atoms with Crippen LogP contribution in [0, 0.1) is 6.92 Å². The predicted molar refractivity (Wildman–Crippen MR) is 93.3 cm³/mol. The van der Waals surface area contributed by atoms with Crippen LogP contribution in [0.1, 0.15) is 23.7 Å². The average Bonchev–Trinajstić information content (AvgIpc) is 3.07. The Morgan fingerprint density at radius 2 is 2.11 bits per heavy atom. The van der Waals surface area contributed by atoms with E-state index in [1.54, 1.807) is 12.2 Å². The summed E-state index contributed by atoms with van der Waals surface area (Å²) in [4.78, 5) is 22.8. The summed E-state index contributed by atoms with van der Waals surface area (Å²) >= 11 is 6.23. The summed E-state index contributed by atoms with van der Waals surface area (Å²) in [6, 6.07) is -0.400. The van der Waals surface area contributed by atoms with Crippen LogP contribution in [0.4, 0.5) is 13.2 Å². The van der Waals surface area contributed by atoms with Crippen LogP contribution in [0.3, 0.4) is 0 Å². The van der Waals surface area contributed by atoms with Crippen LogP contribution >= 0.6 is 11.6 Å². The summed E-state index contributed by atoms with van der Waals surface area (Å²) < 4.78 is 65.1. The molecule has 1 fully saturated rings. The van der Waals surface area contributed by atoms with Gasteiger partial charge in [0.2, 0.25) is 0 Å². The number of hydrogen-bond acceptors (Lipinski definition) is 6. The second-order valence-electron chi connectivity index (χ2n) is 6.12. The van der Waals surface area contributed by atoms with E-state index in [0.717, 1.165) is 6.08 Å². The lowest BCUT2D eigenvalue weighted by molar-refractivity contribution is -0.148. The van der Waals surface area contributed by atoms with Crippen molar-refractivity contribution in [2.24, 2.45) is 0 Å². The quantitative estimate of drug-likeness (QED) is 0.526. The molecule has 0 spiro atoms. The van der Waals surface area contributed by atoms with Gasteiger partial charge in [0.15, 0.2) is 16.4 Å². The van der Waals surface area contributed by atoms with Crippen LogP contribution in [-0.4, -0.2) is 60.9 Å². The van der Waals surface area contributed by atoms with Crippen LogP contribution < -0.4 is 5.32 Å². The number of sulfone groups is 1. The highest BCUT2D eigenvalue weighted by atomic mass is 35.5. The Bertz CT molecular complexity index is 895. The molecule has 1 N–H and O–H groups in total. The van der Waals surface area contributed by atoms with Crippen LogP contribution in [0.5, 0.6) is 0 Å². The fourth-order valence-electron chi connectivity index (χ4n) is 2.52. The first-order valence-corrected chi connectivity index (χ1v) is 10.2. The van der Waals surface area contributed by atoms with Gasteiger partial charge < -0.3 is 10.1 Å². The van der Waals surface area contributed by atoms with Crippen molar-refractivity contribution >= 4 is 39.4 Å². The van der Waals surface area contributed by atoms with Gasteiger partial charge in [0, 0.05) is 11.6 Å². The molecule has 0 bridgehead atoms. The number of aryl methyl sites for hydroxylation is 1. The topological polar surface area (TPSA) is 107 Å². The Morgan fingerprint density at radius 1 is 1.43 bits per heavy atom. The Kier molecular flexibility index (Phi) is 6.75. The first kappa shape index (κ1) is 22.2. The molecule has 1 aromatic heterocycles. The summed E-state index contributed by atoms with van der Waals surface area (Å²) in [6.45, 7) is -0.781. The molecule has 1 aliphatic rings. The minimum atomic E-state index is -4.56. The molecule has 0 saturated carbocycles. The van der Waals surface area contributed by atoms with E-state index in [-0.39, 0.29) is 16.7 Å². The zero-order valence-electron chi connectivity index (χ0n) is 14.6. The molecule has 28 heavy (non-hydrogen) atoms. The molecule has 8 nitrogen and oxygen atoms in total. The van der Waals surface area contributed by atoms with Crippen LogP contribution in [0.25, 0.3) is 6.08 Å². The number of rotatable bonds is 6. The summed E-state index contributed by atoms with van der Waals surface area (Å²) in [5.41, 5.74) is 0.811. The van der Waals surface area contributed by atoms with Gasteiger partial charge in [0.05, 0.1) is 23.2 Å². The van der Waals surface area contributed by atoms with Crippen molar-refractivity contribution in [3.05, 3.63) is 22.5 Å². The third-order valence-corrected chi connectivity index (χ3v) is 5.97. The third kappa shape index (κ3) is 6.23. The number of carbonyl (C=O) groups excluding carboxylic acids is 2. The van der Waals surface area contributed by atoms with Gasteiger partial charge in [-0.15, -0.1) is 0 Å². The zero-order valence-corrected chi connectivity index (χ0v) is 16.2. The molecular formula is C15H17ClF3N3O5S. The number of ether oxygens (including phenoxy) is 1. The van der Waals surface area contributed by atoms with Crippen molar-refractivity contribution in [3.63, 3.8) is 0 Å². The van der Waals surface area contributed by atoms with Gasteiger partial charge in [-0.25, -0.2) is 17.9 Å². The van der Waals surface area contributed by atoms with E-state index in [1.165, 1.54) is 10.8 Å². The van der Waals surface area contributed by atoms with Crippen molar-refractivity contribution in [1.82, 2.24) is 15.1 Å². The normalized spacial score (nSPS) is 19.1. The molecule has 1 amide bonds. The number of hydrogen-bond donors (Lipinski definition) is 1. The van der Waals surface area contributed by atoms with Gasteiger partial charge in [-0.05, 0) is 19.4 Å². The lowest BCUT2D eigenvalue weighted by Crippen LogP contribution is -2.36. The maximum absolute atomic E-state index is 12.0. The van der Waals surface area contributed by atoms with Gasteiger partial charge in [-0.2, -0.15) is 18.3 Å². The van der Waals surface area contributed by atoms with Gasteiger partial charge in [-0.1, -0.05) is 11.6 Å². The van der Waals surface area contributed by atoms with E-state index >= 15 is 0 Å². The first-order chi connectivity index (χ1) is 12.9. The first-order valence-electron chi connectivity index (χ1n) is 8.01. The maximum atomic E-state index is 12.0. The van der Waals surface area contributed by atoms with E-state index in [4.69, 9.17) is 11.6 Å². The van der Waals surface area contributed by atoms with Gasteiger partial charge in [0.25, 0.3) is 5.91 Å². The molecule has 0 unspecified atom stereocenters. The number of esters is 1. The SMILES string of the molecule is Cc1nn([C@@H]2CCS(=O)(=O)C2)c(Cl)c1/C=C/C(=O)OCC(=O)NCC(F)(F)F. The number of halogens is 4. The van der Waals surface area contributed by atoms with Crippen molar-refractivity contribution in [3.8, 4) is 0 Å². The van der Waals surface area contributed by atoms with Crippen LogP contribution in [0.2, 0.25) is 5.15 Å². The number of nitrogens with zero attached hydrogens (tertiary/aromatic N) is 2. The second kappa shape index (κ2) is 8.52. The largest absolute Gasteiger partial charge is 0.452 e. The molecule has 2 rings (SSSR count). The van der Waals surface area contributed by atoms with Gasteiger partial charge in [0.1, 0.15) is 11.7 Å². The molecular weight excluding hydrogens is 427 g/mol. The molecule has 0 radical (unpaired) electrons. The molecule has 2 heterocycles. The molecule has 1 atom stereocenters. The highest BCUT2D eigenvalue weighted by Crippen LogP contribution is 2.30. The highest BCUT2D eigenvalue weighted by molar-refractivity contribution is 7.91. The summed E-state index contributed by atoms with van der Waals surface area (Å²) in [5.74, 6) is -2.09. The zero-order chi connectivity index (χ0) is 21.1. The summed E-state index contributed by atoms with van der Waals surface area (Å²) in [5, 5.41) is 5.91. The second-order valence-corrected chi connectivity index (χ2v) is 8.71.